The molecular weight excluding hydrogens is 136 g/mol. The fourth-order valence-corrected chi connectivity index (χ4v) is 0.802. The van der Waals surface area contributed by atoms with Crippen LogP contribution in [0.2, 0.25) is 0 Å². The van der Waals surface area contributed by atoms with Gasteiger partial charge < -0.3 is 0 Å². The first-order valence-electron chi connectivity index (χ1n) is 3.78. The molecule has 0 aromatic carbocycles. The lowest BCUT2D eigenvalue weighted by Gasteiger charge is -1.95. The molecule has 0 aliphatic rings. The molecule has 1 heterocycles. The Morgan fingerprint density at radius 1 is 1.64 bits per heavy atom. The Balaban J connectivity index is 2.86. The number of hydrogen-bond donors (Lipinski definition) is 0. The van der Waals surface area contributed by atoms with Gasteiger partial charge in [-0.1, -0.05) is 6.92 Å². The van der Waals surface area contributed by atoms with Gasteiger partial charge in [-0.05, 0) is 25.5 Å². The van der Waals surface area contributed by atoms with Crippen molar-refractivity contribution in [3.8, 4) is 0 Å². The first-order valence-corrected chi connectivity index (χ1v) is 3.78. The number of aromatic nitrogens is 1. The SMILES string of the molecule is CC/C=N\c1cccnc1C. The van der Waals surface area contributed by atoms with Crippen LogP contribution in [0.5, 0.6) is 0 Å². The molecule has 1 aromatic rings. The second kappa shape index (κ2) is 3.86. The van der Waals surface area contributed by atoms with Gasteiger partial charge in [0.05, 0.1) is 11.4 Å². The summed E-state index contributed by atoms with van der Waals surface area (Å²) < 4.78 is 0. The lowest BCUT2D eigenvalue weighted by molar-refractivity contribution is 1.18. The predicted molar refractivity (Wildman–Crippen MR) is 47.4 cm³/mol. The maximum Gasteiger partial charge on any atom is 0.0838 e. The quantitative estimate of drug-likeness (QED) is 0.591. The second-order valence-electron chi connectivity index (χ2n) is 2.33. The van der Waals surface area contributed by atoms with Crippen molar-refractivity contribution in [1.29, 1.82) is 0 Å². The molecule has 2 heteroatoms. The van der Waals surface area contributed by atoms with Crippen LogP contribution in [0.1, 0.15) is 19.0 Å². The summed E-state index contributed by atoms with van der Waals surface area (Å²) >= 11 is 0. The highest BCUT2D eigenvalue weighted by Crippen LogP contribution is 2.13. The third-order valence-electron chi connectivity index (χ3n) is 1.39. The largest absolute Gasteiger partial charge is 0.259 e. The fourth-order valence-electron chi connectivity index (χ4n) is 0.802. The van der Waals surface area contributed by atoms with Gasteiger partial charge in [-0.25, -0.2) is 0 Å². The topological polar surface area (TPSA) is 25.2 Å². The van der Waals surface area contributed by atoms with Gasteiger partial charge in [-0.3, -0.25) is 9.98 Å². The Hall–Kier alpha value is -1.18. The van der Waals surface area contributed by atoms with Crippen molar-refractivity contribution in [2.45, 2.75) is 20.3 Å². The summed E-state index contributed by atoms with van der Waals surface area (Å²) in [5.41, 5.74) is 1.95. The zero-order valence-electron chi connectivity index (χ0n) is 6.91. The average molecular weight is 148 g/mol. The molecule has 58 valence electrons. The molecule has 0 unspecified atom stereocenters. The van der Waals surface area contributed by atoms with E-state index in [9.17, 15) is 0 Å². The van der Waals surface area contributed by atoms with Crippen molar-refractivity contribution in [1.82, 2.24) is 4.98 Å². The molecule has 0 amide bonds. The first-order chi connectivity index (χ1) is 5.34. The number of aryl methyl sites for hydroxylation is 1. The van der Waals surface area contributed by atoms with Gasteiger partial charge >= 0.3 is 0 Å². The molecular formula is C9H12N2. The smallest absolute Gasteiger partial charge is 0.0838 e. The van der Waals surface area contributed by atoms with Gasteiger partial charge in [0.1, 0.15) is 0 Å². The molecule has 0 saturated heterocycles. The van der Waals surface area contributed by atoms with Gasteiger partial charge in [0, 0.05) is 12.4 Å². The number of pyridine rings is 1. The minimum Gasteiger partial charge on any atom is -0.259 e. The number of nitrogens with zero attached hydrogens (tertiary/aromatic N) is 2. The van der Waals surface area contributed by atoms with Crippen molar-refractivity contribution in [2.24, 2.45) is 4.99 Å². The lowest BCUT2D eigenvalue weighted by Crippen LogP contribution is -1.79. The molecule has 0 radical (unpaired) electrons. The summed E-state index contributed by atoms with van der Waals surface area (Å²) in [6.07, 6.45) is 4.64. The molecule has 2 nitrogen and oxygen atoms in total. The van der Waals surface area contributed by atoms with Crippen LogP contribution in [0.3, 0.4) is 0 Å². The second-order valence-corrected chi connectivity index (χ2v) is 2.33. The molecule has 11 heavy (non-hydrogen) atoms. The standard InChI is InChI=1S/C9H12N2/c1-3-6-11-9-5-4-7-10-8(9)2/h4-7H,3H2,1-2H3/b11-6-. The summed E-state index contributed by atoms with van der Waals surface area (Å²) in [6, 6.07) is 3.86. The zero-order valence-corrected chi connectivity index (χ0v) is 6.91. The van der Waals surface area contributed by atoms with Gasteiger partial charge in [-0.2, -0.15) is 0 Å². The average Bonchev–Trinajstić information content (AvgIpc) is 2.03. The van der Waals surface area contributed by atoms with E-state index in [4.69, 9.17) is 0 Å². The first kappa shape index (κ1) is 7.92. The highest BCUT2D eigenvalue weighted by Gasteiger charge is 1.91. The van der Waals surface area contributed by atoms with Gasteiger partial charge in [0.2, 0.25) is 0 Å². The Bertz CT molecular complexity index is 253. The van der Waals surface area contributed by atoms with Crippen molar-refractivity contribution >= 4 is 11.9 Å². The zero-order chi connectivity index (χ0) is 8.10. The third-order valence-corrected chi connectivity index (χ3v) is 1.39. The van der Waals surface area contributed by atoms with E-state index in [-0.39, 0.29) is 0 Å². The summed E-state index contributed by atoms with van der Waals surface area (Å²) in [7, 11) is 0. The van der Waals surface area contributed by atoms with E-state index in [1.54, 1.807) is 6.20 Å². The van der Waals surface area contributed by atoms with Crippen LogP contribution in [-0.4, -0.2) is 11.2 Å². The monoisotopic (exact) mass is 148 g/mol. The maximum atomic E-state index is 4.24. The number of aliphatic imine (C=N–C) groups is 1. The normalized spacial score (nSPS) is 10.7. The van der Waals surface area contributed by atoms with E-state index in [0.29, 0.717) is 0 Å². The van der Waals surface area contributed by atoms with E-state index >= 15 is 0 Å². The minimum atomic E-state index is 0.967. The molecule has 1 aromatic heterocycles. The van der Waals surface area contributed by atoms with Crippen molar-refractivity contribution in [3.05, 3.63) is 24.0 Å². The van der Waals surface area contributed by atoms with E-state index in [2.05, 4.69) is 16.9 Å². The fraction of sp³-hybridized carbons (Fsp3) is 0.333. The maximum absolute atomic E-state index is 4.24. The van der Waals surface area contributed by atoms with E-state index in [0.717, 1.165) is 17.8 Å². The Morgan fingerprint density at radius 3 is 3.09 bits per heavy atom. The molecule has 0 fully saturated rings. The van der Waals surface area contributed by atoms with Crippen LogP contribution in [0, 0.1) is 6.92 Å². The molecule has 0 N–H and O–H groups in total. The van der Waals surface area contributed by atoms with Crippen LogP contribution < -0.4 is 0 Å². The van der Waals surface area contributed by atoms with Crippen LogP contribution in [0.25, 0.3) is 0 Å². The van der Waals surface area contributed by atoms with Gasteiger partial charge in [-0.15, -0.1) is 0 Å². The van der Waals surface area contributed by atoms with E-state index < -0.39 is 0 Å². The van der Waals surface area contributed by atoms with Gasteiger partial charge in [0.25, 0.3) is 0 Å². The molecule has 0 spiro atoms. The Labute approximate surface area is 67.0 Å². The third kappa shape index (κ3) is 2.15. The highest BCUT2D eigenvalue weighted by molar-refractivity contribution is 5.63. The van der Waals surface area contributed by atoms with Crippen LogP contribution in [-0.2, 0) is 0 Å². The van der Waals surface area contributed by atoms with Crippen molar-refractivity contribution in [2.75, 3.05) is 0 Å². The minimum absolute atomic E-state index is 0.967. The molecule has 0 aliphatic heterocycles. The molecule has 1 rings (SSSR count). The summed E-state index contributed by atoms with van der Waals surface area (Å²) in [4.78, 5) is 8.36. The highest BCUT2D eigenvalue weighted by atomic mass is 14.8. The molecule has 0 saturated carbocycles. The van der Waals surface area contributed by atoms with Gasteiger partial charge in [0.15, 0.2) is 0 Å². The van der Waals surface area contributed by atoms with Crippen molar-refractivity contribution < 1.29 is 0 Å². The van der Waals surface area contributed by atoms with E-state index in [1.165, 1.54) is 0 Å². The molecule has 0 atom stereocenters. The summed E-state index contributed by atoms with van der Waals surface area (Å²) in [6.45, 7) is 4.03. The Kier molecular flexibility index (Phi) is 2.78. The summed E-state index contributed by atoms with van der Waals surface area (Å²) in [5, 5.41) is 0. The van der Waals surface area contributed by atoms with Crippen molar-refractivity contribution in [3.63, 3.8) is 0 Å². The number of rotatable bonds is 2. The number of hydrogen-bond acceptors (Lipinski definition) is 2. The summed E-state index contributed by atoms with van der Waals surface area (Å²) in [5.74, 6) is 0. The molecule has 0 aliphatic carbocycles. The lowest BCUT2D eigenvalue weighted by atomic mass is 10.3. The van der Waals surface area contributed by atoms with Crippen LogP contribution in [0.4, 0.5) is 5.69 Å². The van der Waals surface area contributed by atoms with Crippen LogP contribution >= 0.6 is 0 Å². The van der Waals surface area contributed by atoms with E-state index in [1.807, 2.05) is 25.3 Å². The predicted octanol–water partition coefficient (Wildman–Crippen LogP) is 2.50. The van der Waals surface area contributed by atoms with Crippen LogP contribution in [0.15, 0.2) is 23.3 Å². The Morgan fingerprint density at radius 2 is 2.45 bits per heavy atom. The molecule has 0 bridgehead atoms.